The normalized spacial score (nSPS) is 21.8. The number of rotatable bonds is 4. The molecule has 2 aromatic heterocycles. The number of carboxylic acids is 1. The number of carboxylic acid groups (broad SMARTS) is 1. The van der Waals surface area contributed by atoms with E-state index >= 15 is 0 Å². The highest BCUT2D eigenvalue weighted by molar-refractivity contribution is 5.85. The van der Waals surface area contributed by atoms with Crippen molar-refractivity contribution in [2.24, 2.45) is 0 Å². The van der Waals surface area contributed by atoms with Crippen molar-refractivity contribution in [1.29, 1.82) is 0 Å². The van der Waals surface area contributed by atoms with Gasteiger partial charge in [-0.1, -0.05) is 11.3 Å². The Morgan fingerprint density at radius 2 is 2.27 bits per heavy atom. The topological polar surface area (TPSA) is 104 Å². The fourth-order valence-corrected chi connectivity index (χ4v) is 2.77. The molecule has 1 atom stereocenters. The second-order valence-corrected chi connectivity index (χ2v) is 5.54. The first kappa shape index (κ1) is 14.5. The van der Waals surface area contributed by atoms with Gasteiger partial charge in [0.25, 0.3) is 0 Å². The maximum atomic E-state index is 11.0. The molecule has 2 aromatic rings. The van der Waals surface area contributed by atoms with E-state index < -0.39 is 11.6 Å². The van der Waals surface area contributed by atoms with Gasteiger partial charge in [-0.3, -0.25) is 0 Å². The lowest BCUT2D eigenvalue weighted by Crippen LogP contribution is -2.51. The molecule has 1 aliphatic rings. The van der Waals surface area contributed by atoms with Crippen molar-refractivity contribution in [2.75, 3.05) is 18.0 Å². The van der Waals surface area contributed by atoms with E-state index in [1.54, 1.807) is 29.2 Å². The minimum atomic E-state index is -1.06. The minimum absolute atomic E-state index is 0.00268. The summed E-state index contributed by atoms with van der Waals surface area (Å²) in [5.41, 5.74) is -0.935. The summed E-state index contributed by atoms with van der Waals surface area (Å²) < 4.78 is 1.60. The highest BCUT2D eigenvalue weighted by Crippen LogP contribution is 2.26. The van der Waals surface area contributed by atoms with Crippen molar-refractivity contribution < 1.29 is 15.0 Å². The van der Waals surface area contributed by atoms with Crippen LogP contribution in [0.5, 0.6) is 0 Å². The van der Waals surface area contributed by atoms with Crippen molar-refractivity contribution >= 4 is 11.8 Å². The molecule has 1 saturated heterocycles. The largest absolute Gasteiger partial charge is 0.477 e. The number of aromatic nitrogens is 4. The highest BCUT2D eigenvalue weighted by atomic mass is 16.4. The monoisotopic (exact) mass is 303 g/mol. The van der Waals surface area contributed by atoms with Crippen molar-refractivity contribution in [1.82, 2.24) is 20.0 Å². The van der Waals surface area contributed by atoms with Crippen molar-refractivity contribution in [3.63, 3.8) is 0 Å². The number of piperidine rings is 1. The van der Waals surface area contributed by atoms with Gasteiger partial charge < -0.3 is 15.1 Å². The number of pyridine rings is 1. The maximum Gasteiger partial charge on any atom is 0.354 e. The quantitative estimate of drug-likeness (QED) is 0.842. The van der Waals surface area contributed by atoms with Crippen LogP contribution >= 0.6 is 0 Å². The van der Waals surface area contributed by atoms with Crippen LogP contribution in [0.1, 0.15) is 23.3 Å². The summed E-state index contributed by atoms with van der Waals surface area (Å²) in [7, 11) is 0. The minimum Gasteiger partial charge on any atom is -0.477 e. The molecule has 3 rings (SSSR count). The number of hydrogen-bond acceptors (Lipinski definition) is 6. The lowest BCUT2D eigenvalue weighted by Gasteiger charge is -2.39. The summed E-state index contributed by atoms with van der Waals surface area (Å²) in [6.45, 7) is 1.46. The standard InChI is InChI=1S/C14H17N5O3/c20-13(21)11-3-1-4-12(16-11)18-7-2-5-14(22,9-18)10-19-8-6-15-17-19/h1,3-4,6,8,22H,2,5,7,9-10H2,(H,20,21). The number of carbonyl (C=O) groups is 1. The third-order valence-corrected chi connectivity index (χ3v) is 3.76. The first-order chi connectivity index (χ1) is 10.6. The van der Waals surface area contributed by atoms with Gasteiger partial charge >= 0.3 is 5.97 Å². The number of aliphatic hydroxyl groups is 1. The van der Waals surface area contributed by atoms with Crippen LogP contribution in [0.3, 0.4) is 0 Å². The summed E-state index contributed by atoms with van der Waals surface area (Å²) in [6.07, 6.45) is 4.73. The van der Waals surface area contributed by atoms with E-state index in [9.17, 15) is 9.90 Å². The Labute approximate surface area is 127 Å². The Kier molecular flexibility index (Phi) is 3.76. The SMILES string of the molecule is O=C(O)c1cccc(N2CCCC(O)(Cn3ccnn3)C2)n1. The molecule has 8 nitrogen and oxygen atoms in total. The lowest BCUT2D eigenvalue weighted by molar-refractivity contribution is 0.00585. The van der Waals surface area contributed by atoms with Crippen molar-refractivity contribution in [3.8, 4) is 0 Å². The van der Waals surface area contributed by atoms with Crippen molar-refractivity contribution in [2.45, 2.75) is 25.0 Å². The summed E-state index contributed by atoms with van der Waals surface area (Å²) in [4.78, 5) is 17.1. The predicted octanol–water partition coefficient (Wildman–Crippen LogP) is 0.403. The number of aromatic carboxylic acids is 1. The predicted molar refractivity (Wildman–Crippen MR) is 77.6 cm³/mol. The molecule has 0 aliphatic carbocycles. The molecule has 0 amide bonds. The molecule has 1 aliphatic heterocycles. The van der Waals surface area contributed by atoms with Gasteiger partial charge in [-0.05, 0) is 25.0 Å². The Morgan fingerprint density at radius 3 is 3.00 bits per heavy atom. The zero-order valence-electron chi connectivity index (χ0n) is 12.0. The average molecular weight is 303 g/mol. The first-order valence-corrected chi connectivity index (χ1v) is 7.08. The van der Waals surface area contributed by atoms with Gasteiger partial charge in [0.05, 0.1) is 12.7 Å². The van der Waals surface area contributed by atoms with Gasteiger partial charge in [0.2, 0.25) is 0 Å². The van der Waals surface area contributed by atoms with Crippen LogP contribution in [-0.4, -0.2) is 54.9 Å². The third-order valence-electron chi connectivity index (χ3n) is 3.76. The average Bonchev–Trinajstić information content (AvgIpc) is 2.99. The zero-order valence-corrected chi connectivity index (χ0v) is 12.0. The Balaban J connectivity index is 1.77. The lowest BCUT2D eigenvalue weighted by atomic mass is 9.93. The number of β-amino-alcohol motifs (C(OH)–C–C–N with tert-alkyl or cyclic N) is 1. The first-order valence-electron chi connectivity index (χ1n) is 7.08. The van der Waals surface area contributed by atoms with Gasteiger partial charge in [-0.2, -0.15) is 0 Å². The van der Waals surface area contributed by atoms with E-state index in [-0.39, 0.29) is 5.69 Å². The molecule has 0 bridgehead atoms. The Hall–Kier alpha value is -2.48. The molecular weight excluding hydrogens is 286 g/mol. The van der Waals surface area contributed by atoms with E-state index in [0.717, 1.165) is 13.0 Å². The fraction of sp³-hybridized carbons (Fsp3) is 0.429. The maximum absolute atomic E-state index is 11.0. The van der Waals surface area contributed by atoms with E-state index in [2.05, 4.69) is 15.3 Å². The number of nitrogens with zero attached hydrogens (tertiary/aromatic N) is 5. The molecule has 116 valence electrons. The van der Waals surface area contributed by atoms with Crippen LogP contribution in [0.4, 0.5) is 5.82 Å². The molecule has 0 saturated carbocycles. The zero-order chi connectivity index (χ0) is 15.6. The van der Waals surface area contributed by atoms with E-state index in [1.165, 1.54) is 6.07 Å². The summed E-state index contributed by atoms with van der Waals surface area (Å²) in [5, 5.41) is 27.4. The molecule has 1 fully saturated rings. The third kappa shape index (κ3) is 3.06. The van der Waals surface area contributed by atoms with Gasteiger partial charge in [0.15, 0.2) is 5.69 Å². The van der Waals surface area contributed by atoms with E-state index in [0.29, 0.717) is 25.3 Å². The fourth-order valence-electron chi connectivity index (χ4n) is 2.77. The van der Waals surface area contributed by atoms with E-state index in [4.69, 9.17) is 5.11 Å². The summed E-state index contributed by atoms with van der Waals surface area (Å²) >= 11 is 0. The molecule has 22 heavy (non-hydrogen) atoms. The van der Waals surface area contributed by atoms with Gasteiger partial charge in [0, 0.05) is 19.3 Å². The van der Waals surface area contributed by atoms with Gasteiger partial charge in [-0.15, -0.1) is 5.10 Å². The van der Waals surface area contributed by atoms with Crippen LogP contribution in [0.2, 0.25) is 0 Å². The molecule has 2 N–H and O–H groups in total. The molecule has 8 heteroatoms. The molecule has 0 spiro atoms. The smallest absolute Gasteiger partial charge is 0.354 e. The number of hydrogen-bond donors (Lipinski definition) is 2. The molecule has 1 unspecified atom stereocenters. The van der Waals surface area contributed by atoms with Crippen LogP contribution in [-0.2, 0) is 6.54 Å². The number of anilines is 1. The summed E-state index contributed by atoms with van der Waals surface area (Å²) in [5.74, 6) is -0.492. The van der Waals surface area contributed by atoms with Gasteiger partial charge in [-0.25, -0.2) is 14.5 Å². The molecular formula is C14H17N5O3. The van der Waals surface area contributed by atoms with Crippen molar-refractivity contribution in [3.05, 3.63) is 36.3 Å². The summed E-state index contributed by atoms with van der Waals surface area (Å²) in [6, 6.07) is 4.88. The Bertz CT molecular complexity index is 660. The second kappa shape index (κ2) is 5.72. The van der Waals surface area contributed by atoms with Crippen LogP contribution in [0.15, 0.2) is 30.6 Å². The molecule has 0 radical (unpaired) electrons. The van der Waals surface area contributed by atoms with Crippen LogP contribution < -0.4 is 4.90 Å². The molecule has 3 heterocycles. The molecule has 0 aromatic carbocycles. The van der Waals surface area contributed by atoms with Gasteiger partial charge in [0.1, 0.15) is 11.4 Å². The Morgan fingerprint density at radius 1 is 1.41 bits per heavy atom. The second-order valence-electron chi connectivity index (χ2n) is 5.54. The van der Waals surface area contributed by atoms with E-state index in [1.807, 2.05) is 4.90 Å². The highest BCUT2D eigenvalue weighted by Gasteiger charge is 2.34. The van der Waals surface area contributed by atoms with Crippen LogP contribution in [0.25, 0.3) is 0 Å². The van der Waals surface area contributed by atoms with Crippen LogP contribution in [0, 0.1) is 0 Å².